The van der Waals surface area contributed by atoms with E-state index < -0.39 is 0 Å². The Kier molecular flexibility index (Phi) is 2.99. The first kappa shape index (κ1) is 9.88. The minimum absolute atomic E-state index is 0.251. The Morgan fingerprint density at radius 1 is 0.714 bits per heavy atom. The second-order valence-electron chi connectivity index (χ2n) is 4.79. The summed E-state index contributed by atoms with van der Waals surface area (Å²) in [5, 5.41) is 0. The van der Waals surface area contributed by atoms with Crippen molar-refractivity contribution in [1.82, 2.24) is 0 Å². The van der Waals surface area contributed by atoms with Gasteiger partial charge in [0.05, 0.1) is 0 Å². The van der Waals surface area contributed by atoms with Gasteiger partial charge in [-0.05, 0) is 37.5 Å². The first-order chi connectivity index (χ1) is 6.86. The van der Waals surface area contributed by atoms with Crippen LogP contribution in [0.5, 0.6) is 0 Å². The molecule has 4 atom stereocenters. The largest absolute Gasteiger partial charge is 0.303 e. The summed E-state index contributed by atoms with van der Waals surface area (Å²) in [6.45, 7) is 0. The molecule has 2 rings (SSSR count). The average Bonchev–Trinajstić information content (AvgIpc) is 2.85. The van der Waals surface area contributed by atoms with Crippen LogP contribution in [0.1, 0.15) is 38.5 Å². The average molecular weight is 194 g/mol. The van der Waals surface area contributed by atoms with Gasteiger partial charge in [-0.1, -0.05) is 12.8 Å². The zero-order valence-electron chi connectivity index (χ0n) is 8.52. The highest BCUT2D eigenvalue weighted by atomic mass is 16.1. The van der Waals surface area contributed by atoms with Crippen LogP contribution in [-0.2, 0) is 9.59 Å². The van der Waals surface area contributed by atoms with Crippen LogP contribution < -0.4 is 0 Å². The van der Waals surface area contributed by atoms with Gasteiger partial charge in [-0.15, -0.1) is 0 Å². The van der Waals surface area contributed by atoms with Gasteiger partial charge in [0.15, 0.2) is 0 Å². The number of hydrogen-bond donors (Lipinski definition) is 0. The maximum atomic E-state index is 10.9. The smallest absolute Gasteiger partial charge is 0.123 e. The van der Waals surface area contributed by atoms with E-state index in [9.17, 15) is 9.59 Å². The Balaban J connectivity index is 2.05. The molecule has 2 nitrogen and oxygen atoms in total. The molecule has 2 aliphatic rings. The molecule has 0 spiro atoms. The van der Waals surface area contributed by atoms with Crippen molar-refractivity contribution in [1.29, 1.82) is 0 Å². The summed E-state index contributed by atoms with van der Waals surface area (Å²) in [7, 11) is 0. The molecule has 2 aliphatic carbocycles. The lowest BCUT2D eigenvalue weighted by atomic mass is 9.79. The molecule has 0 saturated heterocycles. The number of carbonyl (C=O) groups is 2. The van der Waals surface area contributed by atoms with Crippen molar-refractivity contribution in [2.45, 2.75) is 38.5 Å². The van der Waals surface area contributed by atoms with Crippen LogP contribution in [0.2, 0.25) is 0 Å². The number of rotatable bonds is 3. The normalized spacial score (nSPS) is 42.6. The third kappa shape index (κ3) is 1.62. The van der Waals surface area contributed by atoms with Gasteiger partial charge < -0.3 is 9.59 Å². The summed E-state index contributed by atoms with van der Waals surface area (Å²) in [5.74, 6) is 1.54. The Labute approximate surface area is 85.1 Å². The van der Waals surface area contributed by atoms with Crippen molar-refractivity contribution in [3.63, 3.8) is 0 Å². The van der Waals surface area contributed by atoms with Gasteiger partial charge in [0.1, 0.15) is 12.6 Å². The molecule has 0 amide bonds. The summed E-state index contributed by atoms with van der Waals surface area (Å²) in [6, 6.07) is 0. The second kappa shape index (κ2) is 4.24. The first-order valence-electron chi connectivity index (χ1n) is 5.77. The number of hydrogen-bond acceptors (Lipinski definition) is 2. The lowest BCUT2D eigenvalue weighted by Gasteiger charge is -2.24. The Morgan fingerprint density at radius 2 is 1.14 bits per heavy atom. The van der Waals surface area contributed by atoms with E-state index in [1.165, 1.54) is 25.7 Å². The molecule has 0 radical (unpaired) electrons. The van der Waals surface area contributed by atoms with Crippen molar-refractivity contribution in [3.05, 3.63) is 0 Å². The predicted octanol–water partition coefficient (Wildman–Crippen LogP) is 2.22. The summed E-state index contributed by atoms with van der Waals surface area (Å²) < 4.78 is 0. The summed E-state index contributed by atoms with van der Waals surface area (Å²) in [6.07, 6.45) is 9.03. The maximum absolute atomic E-state index is 10.9. The topological polar surface area (TPSA) is 34.1 Å². The Morgan fingerprint density at radius 3 is 1.50 bits per heavy atom. The van der Waals surface area contributed by atoms with E-state index in [1.807, 2.05) is 0 Å². The van der Waals surface area contributed by atoms with Gasteiger partial charge in [-0.2, -0.15) is 0 Å². The molecule has 2 heteroatoms. The molecule has 0 aromatic heterocycles. The fraction of sp³-hybridized carbons (Fsp3) is 0.833. The molecule has 2 saturated carbocycles. The van der Waals surface area contributed by atoms with Gasteiger partial charge in [-0.3, -0.25) is 0 Å². The molecule has 0 aromatic rings. The Bertz CT molecular complexity index is 200. The first-order valence-corrected chi connectivity index (χ1v) is 5.77. The quantitative estimate of drug-likeness (QED) is 0.645. The molecule has 0 bridgehead atoms. The van der Waals surface area contributed by atoms with E-state index in [4.69, 9.17) is 0 Å². The summed E-state index contributed by atoms with van der Waals surface area (Å²) in [4.78, 5) is 21.8. The van der Waals surface area contributed by atoms with E-state index in [-0.39, 0.29) is 11.8 Å². The van der Waals surface area contributed by atoms with Crippen molar-refractivity contribution in [2.75, 3.05) is 0 Å². The minimum Gasteiger partial charge on any atom is -0.303 e. The molecule has 0 heterocycles. The lowest BCUT2D eigenvalue weighted by molar-refractivity contribution is -0.115. The van der Waals surface area contributed by atoms with Gasteiger partial charge >= 0.3 is 0 Å². The van der Waals surface area contributed by atoms with Crippen LogP contribution >= 0.6 is 0 Å². The summed E-state index contributed by atoms with van der Waals surface area (Å²) >= 11 is 0. The van der Waals surface area contributed by atoms with Crippen molar-refractivity contribution >= 4 is 12.6 Å². The van der Waals surface area contributed by atoms with E-state index in [0.717, 1.165) is 25.4 Å². The highest BCUT2D eigenvalue weighted by Gasteiger charge is 2.39. The van der Waals surface area contributed by atoms with Gasteiger partial charge in [0, 0.05) is 11.8 Å². The van der Waals surface area contributed by atoms with Gasteiger partial charge in [0.25, 0.3) is 0 Å². The third-order valence-corrected chi connectivity index (χ3v) is 4.15. The van der Waals surface area contributed by atoms with Gasteiger partial charge in [0.2, 0.25) is 0 Å². The van der Waals surface area contributed by atoms with E-state index >= 15 is 0 Å². The molecule has 0 aromatic carbocycles. The Hall–Kier alpha value is -0.660. The molecule has 0 aliphatic heterocycles. The maximum Gasteiger partial charge on any atom is 0.123 e. The monoisotopic (exact) mass is 194 g/mol. The number of aldehydes is 2. The van der Waals surface area contributed by atoms with Crippen molar-refractivity contribution in [2.24, 2.45) is 23.7 Å². The molecule has 2 unspecified atom stereocenters. The molecule has 78 valence electrons. The highest BCUT2D eigenvalue weighted by Crippen LogP contribution is 2.45. The van der Waals surface area contributed by atoms with Gasteiger partial charge in [-0.25, -0.2) is 0 Å². The van der Waals surface area contributed by atoms with Crippen molar-refractivity contribution in [3.8, 4) is 0 Å². The van der Waals surface area contributed by atoms with Crippen LogP contribution in [0.15, 0.2) is 0 Å². The molecule has 2 fully saturated rings. The van der Waals surface area contributed by atoms with E-state index in [1.54, 1.807) is 0 Å². The molecular formula is C12H18O2. The van der Waals surface area contributed by atoms with E-state index in [2.05, 4.69) is 0 Å². The lowest BCUT2D eigenvalue weighted by Crippen LogP contribution is -2.23. The fourth-order valence-corrected chi connectivity index (χ4v) is 3.44. The van der Waals surface area contributed by atoms with Crippen LogP contribution in [-0.4, -0.2) is 12.6 Å². The van der Waals surface area contributed by atoms with Crippen LogP contribution in [0.3, 0.4) is 0 Å². The third-order valence-electron chi connectivity index (χ3n) is 4.15. The standard InChI is InChI=1S/C12H18O2/c13-7-9-3-1-5-11(9)12-6-2-4-10(12)8-14/h7-12H,1-6H2/t9-,10?,11-,12?/m1/s1. The van der Waals surface area contributed by atoms with Crippen molar-refractivity contribution < 1.29 is 9.59 Å². The SMILES string of the molecule is O=CC1CCCC1[C@@H]1CCC[C@@H]1C=O. The molecule has 14 heavy (non-hydrogen) atoms. The minimum atomic E-state index is 0.251. The number of carbonyl (C=O) groups excluding carboxylic acids is 2. The fourth-order valence-electron chi connectivity index (χ4n) is 3.44. The molecule has 0 N–H and O–H groups in total. The highest BCUT2D eigenvalue weighted by molar-refractivity contribution is 5.57. The molecular weight excluding hydrogens is 176 g/mol. The van der Waals surface area contributed by atoms with Crippen LogP contribution in [0.4, 0.5) is 0 Å². The van der Waals surface area contributed by atoms with Crippen LogP contribution in [0.25, 0.3) is 0 Å². The second-order valence-corrected chi connectivity index (χ2v) is 4.79. The van der Waals surface area contributed by atoms with Crippen LogP contribution in [0, 0.1) is 23.7 Å². The van der Waals surface area contributed by atoms with E-state index in [0.29, 0.717) is 11.8 Å². The predicted molar refractivity (Wildman–Crippen MR) is 53.8 cm³/mol. The zero-order chi connectivity index (χ0) is 9.97. The summed E-state index contributed by atoms with van der Waals surface area (Å²) in [5.41, 5.74) is 0. The zero-order valence-corrected chi connectivity index (χ0v) is 8.52.